The van der Waals surface area contributed by atoms with E-state index in [1.807, 2.05) is 27.7 Å². The van der Waals surface area contributed by atoms with Crippen molar-refractivity contribution in [1.29, 1.82) is 0 Å². The summed E-state index contributed by atoms with van der Waals surface area (Å²) in [5, 5.41) is 12.1. The Hall–Kier alpha value is -0.650. The summed E-state index contributed by atoms with van der Waals surface area (Å²) in [7, 11) is 0. The highest BCUT2D eigenvalue weighted by Crippen LogP contribution is 2.20. The predicted molar refractivity (Wildman–Crippen MR) is 70.4 cm³/mol. The van der Waals surface area contributed by atoms with Crippen molar-refractivity contribution in [2.75, 3.05) is 26.2 Å². The molecule has 0 spiro atoms. The summed E-state index contributed by atoms with van der Waals surface area (Å²) in [6.45, 7) is 10.1. The van der Waals surface area contributed by atoms with Crippen LogP contribution in [0.2, 0.25) is 0 Å². The molecule has 1 heterocycles. The maximum Gasteiger partial charge on any atom is 0.221 e. The molecule has 1 rings (SSSR count). The van der Waals surface area contributed by atoms with Crippen LogP contribution in [0.1, 0.15) is 34.1 Å². The number of nitrogens with one attached hydrogen (secondary N) is 1. The third-order valence-electron chi connectivity index (χ3n) is 2.86. The summed E-state index contributed by atoms with van der Waals surface area (Å²) in [6.07, 6.45) is 0.341. The molecule has 0 radical (unpaired) electrons. The van der Waals surface area contributed by atoms with Crippen molar-refractivity contribution in [3.8, 4) is 0 Å². The van der Waals surface area contributed by atoms with Gasteiger partial charge in [-0.25, -0.2) is 0 Å². The third-order valence-corrected chi connectivity index (χ3v) is 2.86. The fraction of sp³-hybridized carbons (Fsp3) is 0.923. The SMILES string of the molecule is CC(C)NC(=O)CCN1CC(CO)OC(C)(C)C1. The topological polar surface area (TPSA) is 61.8 Å². The molecule has 2 N–H and O–H groups in total. The van der Waals surface area contributed by atoms with Crippen molar-refractivity contribution in [2.24, 2.45) is 0 Å². The summed E-state index contributed by atoms with van der Waals surface area (Å²) in [5.41, 5.74) is -0.264. The van der Waals surface area contributed by atoms with Crippen LogP contribution in [0, 0.1) is 0 Å². The molecule has 0 bridgehead atoms. The van der Waals surface area contributed by atoms with Gasteiger partial charge < -0.3 is 15.2 Å². The first-order chi connectivity index (χ1) is 8.32. The van der Waals surface area contributed by atoms with Crippen molar-refractivity contribution in [1.82, 2.24) is 10.2 Å². The summed E-state index contributed by atoms with van der Waals surface area (Å²) in [4.78, 5) is 13.8. The van der Waals surface area contributed by atoms with Crippen LogP contribution >= 0.6 is 0 Å². The van der Waals surface area contributed by atoms with E-state index in [1.54, 1.807) is 0 Å². The first kappa shape index (κ1) is 15.4. The number of rotatable bonds is 5. The molecule has 1 amide bonds. The maximum atomic E-state index is 11.6. The highest BCUT2D eigenvalue weighted by Gasteiger charge is 2.32. The average Bonchev–Trinajstić information content (AvgIpc) is 2.23. The molecule has 0 aromatic carbocycles. The number of nitrogens with zero attached hydrogens (tertiary/aromatic N) is 1. The van der Waals surface area contributed by atoms with Gasteiger partial charge in [-0.1, -0.05) is 0 Å². The quantitative estimate of drug-likeness (QED) is 0.748. The van der Waals surface area contributed by atoms with Gasteiger partial charge in [0, 0.05) is 32.1 Å². The maximum absolute atomic E-state index is 11.6. The highest BCUT2D eigenvalue weighted by molar-refractivity contribution is 5.76. The van der Waals surface area contributed by atoms with Crippen LogP contribution in [0.25, 0.3) is 0 Å². The van der Waals surface area contributed by atoms with E-state index in [9.17, 15) is 9.90 Å². The largest absolute Gasteiger partial charge is 0.394 e. The van der Waals surface area contributed by atoms with Crippen LogP contribution in [0.4, 0.5) is 0 Å². The highest BCUT2D eigenvalue weighted by atomic mass is 16.5. The van der Waals surface area contributed by atoms with Crippen LogP contribution in [0.5, 0.6) is 0 Å². The zero-order valence-corrected chi connectivity index (χ0v) is 11.9. The molecule has 106 valence electrons. The summed E-state index contributed by atoms with van der Waals surface area (Å²) in [6, 6.07) is 0.184. The van der Waals surface area contributed by atoms with E-state index in [0.717, 1.165) is 6.54 Å². The van der Waals surface area contributed by atoms with E-state index < -0.39 is 0 Å². The summed E-state index contributed by atoms with van der Waals surface area (Å²) in [5.74, 6) is 0.0786. The molecule has 1 aliphatic heterocycles. The van der Waals surface area contributed by atoms with Crippen molar-refractivity contribution in [3.05, 3.63) is 0 Å². The zero-order chi connectivity index (χ0) is 13.8. The van der Waals surface area contributed by atoms with Gasteiger partial charge in [-0.3, -0.25) is 9.69 Å². The lowest BCUT2D eigenvalue weighted by Gasteiger charge is -2.42. The zero-order valence-electron chi connectivity index (χ0n) is 11.9. The van der Waals surface area contributed by atoms with E-state index in [4.69, 9.17) is 4.74 Å². The normalized spacial score (nSPS) is 24.2. The molecule has 1 saturated heterocycles. The van der Waals surface area contributed by atoms with Gasteiger partial charge in [-0.2, -0.15) is 0 Å². The minimum Gasteiger partial charge on any atom is -0.394 e. The predicted octanol–water partition coefficient (Wildman–Crippen LogP) is 0.373. The van der Waals surface area contributed by atoms with Crippen molar-refractivity contribution in [3.63, 3.8) is 0 Å². The number of morpholine rings is 1. The van der Waals surface area contributed by atoms with Gasteiger partial charge in [0.1, 0.15) is 0 Å². The van der Waals surface area contributed by atoms with Gasteiger partial charge in [0.2, 0.25) is 5.91 Å². The number of aliphatic hydroxyl groups excluding tert-OH is 1. The van der Waals surface area contributed by atoms with E-state index in [1.165, 1.54) is 0 Å². The van der Waals surface area contributed by atoms with Gasteiger partial charge in [0.25, 0.3) is 0 Å². The molecule has 5 heteroatoms. The molecule has 1 aliphatic rings. The van der Waals surface area contributed by atoms with Crippen molar-refractivity contribution < 1.29 is 14.6 Å². The number of ether oxygens (including phenoxy) is 1. The Morgan fingerprint density at radius 1 is 1.56 bits per heavy atom. The first-order valence-electron chi connectivity index (χ1n) is 6.63. The molecule has 1 atom stereocenters. The second-order valence-electron chi connectivity index (χ2n) is 5.89. The van der Waals surface area contributed by atoms with Crippen LogP contribution < -0.4 is 5.32 Å². The van der Waals surface area contributed by atoms with Crippen molar-refractivity contribution >= 4 is 5.91 Å². The number of hydrogen-bond donors (Lipinski definition) is 2. The molecule has 0 aromatic rings. The molecule has 0 aliphatic carbocycles. The number of carbonyl (C=O) groups is 1. The number of hydrogen-bond acceptors (Lipinski definition) is 4. The molecule has 18 heavy (non-hydrogen) atoms. The second kappa shape index (κ2) is 6.50. The fourth-order valence-corrected chi connectivity index (χ4v) is 2.34. The lowest BCUT2D eigenvalue weighted by Crippen LogP contribution is -2.54. The Bertz CT molecular complexity index is 279. The number of amides is 1. The number of carbonyl (C=O) groups excluding carboxylic acids is 1. The lowest BCUT2D eigenvalue weighted by molar-refractivity contribution is -0.150. The minimum absolute atomic E-state index is 0.0259. The first-order valence-corrected chi connectivity index (χ1v) is 6.63. The Morgan fingerprint density at radius 2 is 2.22 bits per heavy atom. The van der Waals surface area contributed by atoms with Gasteiger partial charge in [0.15, 0.2) is 0 Å². The molecule has 0 aromatic heterocycles. The van der Waals surface area contributed by atoms with E-state index >= 15 is 0 Å². The smallest absolute Gasteiger partial charge is 0.221 e. The summed E-state index contributed by atoms with van der Waals surface area (Å²) < 4.78 is 5.73. The Morgan fingerprint density at radius 3 is 2.78 bits per heavy atom. The van der Waals surface area contributed by atoms with Gasteiger partial charge in [0.05, 0.1) is 18.3 Å². The molecule has 5 nitrogen and oxygen atoms in total. The van der Waals surface area contributed by atoms with Gasteiger partial charge in [-0.15, -0.1) is 0 Å². The molecule has 1 unspecified atom stereocenters. The van der Waals surface area contributed by atoms with E-state index in [-0.39, 0.29) is 30.3 Å². The Kier molecular flexibility index (Phi) is 5.56. The van der Waals surface area contributed by atoms with Crippen LogP contribution in [-0.2, 0) is 9.53 Å². The molecular weight excluding hydrogens is 232 g/mol. The van der Waals surface area contributed by atoms with Crippen LogP contribution in [0.15, 0.2) is 0 Å². The van der Waals surface area contributed by atoms with Crippen LogP contribution in [0.3, 0.4) is 0 Å². The minimum atomic E-state index is -0.264. The number of aliphatic hydroxyl groups is 1. The van der Waals surface area contributed by atoms with Crippen LogP contribution in [-0.4, -0.2) is 59.9 Å². The molecular formula is C13H26N2O3. The standard InChI is InChI=1S/C13H26N2O3/c1-10(2)14-12(17)5-6-15-7-11(8-16)18-13(3,4)9-15/h10-11,16H,5-9H2,1-4H3,(H,14,17). The van der Waals surface area contributed by atoms with Gasteiger partial charge >= 0.3 is 0 Å². The fourth-order valence-electron chi connectivity index (χ4n) is 2.34. The van der Waals surface area contributed by atoms with Gasteiger partial charge in [-0.05, 0) is 27.7 Å². The van der Waals surface area contributed by atoms with Crippen molar-refractivity contribution in [2.45, 2.75) is 51.9 Å². The lowest BCUT2D eigenvalue weighted by atomic mass is 10.1. The average molecular weight is 258 g/mol. The molecule has 0 saturated carbocycles. The summed E-state index contributed by atoms with van der Waals surface area (Å²) >= 11 is 0. The van der Waals surface area contributed by atoms with E-state index in [2.05, 4.69) is 10.2 Å². The second-order valence-corrected chi connectivity index (χ2v) is 5.89. The van der Waals surface area contributed by atoms with E-state index in [0.29, 0.717) is 19.5 Å². The monoisotopic (exact) mass is 258 g/mol. The Balaban J connectivity index is 2.39. The Labute approximate surface area is 109 Å². The molecule has 1 fully saturated rings. The third kappa shape index (κ3) is 5.33.